The zero-order chi connectivity index (χ0) is 18.3. The molecule has 2 nitrogen and oxygen atoms in total. The molecule has 2 aromatic carbocycles. The summed E-state index contributed by atoms with van der Waals surface area (Å²) in [6, 6.07) is 12.3. The molecule has 0 aromatic heterocycles. The molecular formula is C19H25ClNOPTi. The van der Waals surface area contributed by atoms with Crippen LogP contribution in [-0.2, 0) is 25.9 Å². The van der Waals surface area contributed by atoms with Crippen molar-refractivity contribution in [2.24, 2.45) is 0 Å². The van der Waals surface area contributed by atoms with Gasteiger partial charge in [-0.2, -0.15) is 0 Å². The van der Waals surface area contributed by atoms with E-state index in [1.165, 1.54) is 35.8 Å². The molecule has 2 rings (SSSR count). The molecule has 0 heterocycles. The molecule has 0 spiro atoms. The first-order valence-corrected chi connectivity index (χ1v) is 10.9. The Bertz CT molecular complexity index is 671. The zero-order valence-corrected chi connectivity index (χ0v) is 18.3. The van der Waals surface area contributed by atoms with Crippen molar-refractivity contribution in [2.75, 3.05) is 0 Å². The standard InChI is InChI=1S/C19H25NOP.ClH.Ti/c1-13-8-7-11-16(17(13)21)22-18-14(2)9-6-10-15(18)12-20-19(3,4)5;;/h6-11,21-22H,12H2,1-5H3;1H;/q-1;;+2/p-1. The van der Waals surface area contributed by atoms with Gasteiger partial charge in [-0.05, 0) is 30.3 Å². The molecule has 0 saturated heterocycles. The van der Waals surface area contributed by atoms with Crippen molar-refractivity contribution < 1.29 is 24.5 Å². The second-order valence-corrected chi connectivity index (χ2v) is 7.98. The maximum absolute atomic E-state index is 10.3. The predicted molar refractivity (Wildman–Crippen MR) is 104 cm³/mol. The van der Waals surface area contributed by atoms with Crippen LogP contribution < -0.4 is 10.6 Å². The Hall–Kier alpha value is -0.366. The molecule has 0 aliphatic rings. The molecule has 0 amide bonds. The van der Waals surface area contributed by atoms with Gasteiger partial charge in [0, 0.05) is 5.30 Å². The van der Waals surface area contributed by atoms with E-state index in [1.807, 2.05) is 25.1 Å². The van der Waals surface area contributed by atoms with E-state index >= 15 is 0 Å². The summed E-state index contributed by atoms with van der Waals surface area (Å²) in [4.78, 5) is 0. The van der Waals surface area contributed by atoms with E-state index in [4.69, 9.17) is 5.32 Å². The van der Waals surface area contributed by atoms with Gasteiger partial charge in [0.05, 0.1) is 0 Å². The number of halogens is 1. The second kappa shape index (κ2) is 9.95. The number of hydrogen-bond acceptors (Lipinski definition) is 1. The van der Waals surface area contributed by atoms with Crippen LogP contribution in [0.4, 0.5) is 0 Å². The van der Waals surface area contributed by atoms with Crippen molar-refractivity contribution in [1.82, 2.24) is 0 Å². The summed E-state index contributed by atoms with van der Waals surface area (Å²) in [5, 5.41) is 17.3. The molecule has 24 heavy (non-hydrogen) atoms. The van der Waals surface area contributed by atoms with E-state index in [0.717, 1.165) is 17.4 Å². The van der Waals surface area contributed by atoms with Gasteiger partial charge >= 0.3 is 28.7 Å². The van der Waals surface area contributed by atoms with E-state index in [1.54, 1.807) is 0 Å². The van der Waals surface area contributed by atoms with E-state index in [0.29, 0.717) is 14.3 Å². The number of para-hydroxylation sites is 1. The van der Waals surface area contributed by atoms with Crippen molar-refractivity contribution in [2.45, 2.75) is 46.7 Å². The predicted octanol–water partition coefficient (Wildman–Crippen LogP) is 5.00. The van der Waals surface area contributed by atoms with Crippen LogP contribution in [0.15, 0.2) is 36.4 Å². The first-order chi connectivity index (χ1) is 11.3. The molecule has 0 aliphatic heterocycles. The summed E-state index contributed by atoms with van der Waals surface area (Å²) in [7, 11) is 5.09. The average molecular weight is 398 g/mol. The number of hydrogen-bond donors (Lipinski definition) is 1. The van der Waals surface area contributed by atoms with Gasteiger partial charge in [-0.3, -0.25) is 0 Å². The Balaban J connectivity index is 0.00000139. The maximum atomic E-state index is 10.3. The Kier molecular flexibility index (Phi) is 8.98. The van der Waals surface area contributed by atoms with Crippen molar-refractivity contribution in [1.29, 1.82) is 0 Å². The summed E-state index contributed by atoms with van der Waals surface area (Å²) >= 11 is 1.47. The first-order valence-electron chi connectivity index (χ1n) is 7.79. The summed E-state index contributed by atoms with van der Waals surface area (Å²) in [5.41, 5.74) is 3.42. The molecule has 1 atom stereocenters. The van der Waals surface area contributed by atoms with E-state index in [2.05, 4.69) is 55.2 Å². The molecule has 0 saturated carbocycles. The minimum atomic E-state index is -0.0321. The minimum absolute atomic E-state index is 0.0321. The molecule has 0 fully saturated rings. The number of phenols is 1. The molecule has 2 aromatic rings. The molecule has 0 bridgehead atoms. The van der Waals surface area contributed by atoms with Crippen LogP contribution in [0.5, 0.6) is 5.75 Å². The summed E-state index contributed by atoms with van der Waals surface area (Å²) in [6.45, 7) is 11.2. The monoisotopic (exact) mass is 397 g/mol. The topological polar surface area (TPSA) is 34.3 Å². The second-order valence-electron chi connectivity index (χ2n) is 6.69. The number of rotatable bonds is 4. The molecular weight excluding hydrogens is 373 g/mol. The van der Waals surface area contributed by atoms with Gasteiger partial charge < -0.3 is 10.4 Å². The van der Waals surface area contributed by atoms with Crippen molar-refractivity contribution in [3.05, 3.63) is 58.4 Å². The summed E-state index contributed by atoms with van der Waals surface area (Å²) < 4.78 is 0. The van der Waals surface area contributed by atoms with Gasteiger partial charge in [-0.15, -0.1) is 12.1 Å². The Morgan fingerprint density at radius 2 is 1.62 bits per heavy atom. The third-order valence-electron chi connectivity index (χ3n) is 3.58. The van der Waals surface area contributed by atoms with Crippen LogP contribution in [0, 0.1) is 13.8 Å². The number of aromatic hydroxyl groups is 1. The van der Waals surface area contributed by atoms with Gasteiger partial charge in [-0.1, -0.05) is 71.3 Å². The van der Waals surface area contributed by atoms with E-state index in [9.17, 15) is 5.11 Å². The van der Waals surface area contributed by atoms with Crippen LogP contribution in [0.25, 0.3) is 5.32 Å². The number of benzene rings is 2. The Labute approximate surface area is 163 Å². The van der Waals surface area contributed by atoms with E-state index in [-0.39, 0.29) is 5.54 Å². The average Bonchev–Trinajstić information content (AvgIpc) is 2.53. The SMILES string of the molecule is Cc1cccc(Pc2c(C)cccc2C[N-]C(C)(C)C)c1O.[Cl][Ti+]. The van der Waals surface area contributed by atoms with Gasteiger partial charge in [0.15, 0.2) is 0 Å². The zero-order valence-electron chi connectivity index (χ0n) is 14.9. The van der Waals surface area contributed by atoms with Crippen molar-refractivity contribution in [3.63, 3.8) is 0 Å². The van der Waals surface area contributed by atoms with Gasteiger partial charge in [0.1, 0.15) is 5.75 Å². The molecule has 0 aliphatic carbocycles. The third kappa shape index (κ3) is 6.50. The van der Waals surface area contributed by atoms with Crippen LogP contribution in [-0.4, -0.2) is 10.6 Å². The van der Waals surface area contributed by atoms with Crippen LogP contribution in [0.1, 0.15) is 37.5 Å². The summed E-state index contributed by atoms with van der Waals surface area (Å²) in [6.07, 6.45) is 0. The van der Waals surface area contributed by atoms with Crippen molar-refractivity contribution in [3.8, 4) is 5.75 Å². The summed E-state index contributed by atoms with van der Waals surface area (Å²) in [5.74, 6) is 0.419. The van der Waals surface area contributed by atoms with Crippen molar-refractivity contribution >= 4 is 28.5 Å². The molecule has 0 radical (unpaired) electrons. The number of aryl methyl sites for hydroxylation is 2. The fourth-order valence-electron chi connectivity index (χ4n) is 2.26. The first kappa shape index (κ1) is 21.7. The molecule has 1 unspecified atom stereocenters. The Morgan fingerprint density at radius 1 is 1.04 bits per heavy atom. The number of phenolic OH excluding ortho intramolecular Hbond substituents is 1. The fraction of sp³-hybridized carbons (Fsp3) is 0.368. The van der Waals surface area contributed by atoms with Crippen LogP contribution in [0.2, 0.25) is 0 Å². The van der Waals surface area contributed by atoms with Gasteiger partial charge in [-0.25, -0.2) is 0 Å². The van der Waals surface area contributed by atoms with Gasteiger partial charge in [0.2, 0.25) is 0 Å². The third-order valence-corrected chi connectivity index (χ3v) is 5.22. The van der Waals surface area contributed by atoms with Gasteiger partial charge in [0.25, 0.3) is 0 Å². The van der Waals surface area contributed by atoms with Crippen LogP contribution in [0.3, 0.4) is 0 Å². The number of nitrogens with zero attached hydrogens (tertiary/aromatic N) is 1. The van der Waals surface area contributed by atoms with E-state index < -0.39 is 0 Å². The normalized spacial score (nSPS) is 11.4. The van der Waals surface area contributed by atoms with Crippen LogP contribution >= 0.6 is 17.9 Å². The Morgan fingerprint density at radius 3 is 2.25 bits per heavy atom. The fourth-order valence-corrected chi connectivity index (χ4v) is 3.62. The quantitative estimate of drug-likeness (QED) is 0.572. The molecule has 128 valence electrons. The molecule has 5 heteroatoms. The molecule has 1 N–H and O–H groups in total.